The molecule has 1 fully saturated rings. The van der Waals surface area contributed by atoms with Gasteiger partial charge in [0, 0.05) is 50.1 Å². The number of carbonyl (C=O) groups excluding carboxylic acids is 1. The molecule has 1 aromatic heterocycles. The fourth-order valence-electron chi connectivity index (χ4n) is 2.95. The molecule has 6 heteroatoms. The largest absolute Gasteiger partial charge is 0.340 e. The third kappa shape index (κ3) is 4.57. The summed E-state index contributed by atoms with van der Waals surface area (Å²) in [5.41, 5.74) is 7.18. The van der Waals surface area contributed by atoms with Crippen molar-refractivity contribution >= 4 is 28.8 Å². The van der Waals surface area contributed by atoms with Gasteiger partial charge in [0.2, 0.25) is 5.91 Å². The molecule has 1 atom stereocenters. The summed E-state index contributed by atoms with van der Waals surface area (Å²) in [5, 5.41) is 0. The average molecular weight is 364 g/mol. The summed E-state index contributed by atoms with van der Waals surface area (Å²) >= 11 is 7.60. The highest BCUT2D eigenvalue weighted by atomic mass is 35.5. The quantitative estimate of drug-likeness (QED) is 0.887. The molecule has 0 bridgehead atoms. The van der Waals surface area contributed by atoms with Gasteiger partial charge in [-0.2, -0.15) is 0 Å². The Morgan fingerprint density at radius 3 is 2.46 bits per heavy atom. The number of nitrogens with two attached hydrogens (primary N) is 1. The van der Waals surface area contributed by atoms with Gasteiger partial charge < -0.3 is 10.6 Å². The standard InChI is InChI=1S/C18H22ClN3OS/c19-17-7-6-15(24-17)13-21-8-10-22(11-9-21)18(23)12-16(20)14-4-2-1-3-5-14/h1-7,16H,8-13,20H2. The molecule has 1 aliphatic rings. The van der Waals surface area contributed by atoms with Crippen molar-refractivity contribution in [2.24, 2.45) is 5.73 Å². The fraction of sp³-hybridized carbons (Fsp3) is 0.389. The molecule has 1 aromatic carbocycles. The Hall–Kier alpha value is -1.40. The van der Waals surface area contributed by atoms with Crippen LogP contribution in [0.25, 0.3) is 0 Å². The van der Waals surface area contributed by atoms with Crippen molar-refractivity contribution in [2.75, 3.05) is 26.2 Å². The molecule has 24 heavy (non-hydrogen) atoms. The van der Waals surface area contributed by atoms with Gasteiger partial charge in [0.1, 0.15) is 0 Å². The van der Waals surface area contributed by atoms with E-state index in [9.17, 15) is 4.79 Å². The van der Waals surface area contributed by atoms with Gasteiger partial charge >= 0.3 is 0 Å². The summed E-state index contributed by atoms with van der Waals surface area (Å²) < 4.78 is 0.828. The number of amides is 1. The third-order valence-electron chi connectivity index (χ3n) is 4.36. The number of benzene rings is 1. The second kappa shape index (κ2) is 8.12. The average Bonchev–Trinajstić information content (AvgIpc) is 3.01. The zero-order valence-electron chi connectivity index (χ0n) is 13.5. The van der Waals surface area contributed by atoms with Gasteiger partial charge in [-0.3, -0.25) is 9.69 Å². The molecule has 2 N–H and O–H groups in total. The molecule has 1 aliphatic heterocycles. The summed E-state index contributed by atoms with van der Waals surface area (Å²) in [6, 6.07) is 13.6. The van der Waals surface area contributed by atoms with E-state index in [-0.39, 0.29) is 11.9 Å². The van der Waals surface area contributed by atoms with Crippen LogP contribution in [0.3, 0.4) is 0 Å². The van der Waals surface area contributed by atoms with Gasteiger partial charge in [0.15, 0.2) is 0 Å². The predicted molar refractivity (Wildman–Crippen MR) is 99.2 cm³/mol. The molecule has 4 nitrogen and oxygen atoms in total. The van der Waals surface area contributed by atoms with Crippen LogP contribution in [0.15, 0.2) is 42.5 Å². The number of halogens is 1. The van der Waals surface area contributed by atoms with Crippen molar-refractivity contribution in [1.82, 2.24) is 9.80 Å². The molecule has 1 unspecified atom stereocenters. The maximum atomic E-state index is 12.5. The second-order valence-electron chi connectivity index (χ2n) is 6.08. The fourth-order valence-corrected chi connectivity index (χ4v) is 4.08. The number of hydrogen-bond donors (Lipinski definition) is 1. The SMILES string of the molecule is NC(CC(=O)N1CCN(Cc2ccc(Cl)s2)CC1)c1ccccc1. The molecule has 3 rings (SSSR count). The van der Waals surface area contributed by atoms with E-state index in [1.807, 2.05) is 41.3 Å². The van der Waals surface area contributed by atoms with Crippen LogP contribution in [0.4, 0.5) is 0 Å². The van der Waals surface area contributed by atoms with Crippen LogP contribution in [0.5, 0.6) is 0 Å². The van der Waals surface area contributed by atoms with Crippen LogP contribution in [0.1, 0.15) is 22.9 Å². The van der Waals surface area contributed by atoms with Crippen LogP contribution in [-0.2, 0) is 11.3 Å². The van der Waals surface area contributed by atoms with Crippen molar-refractivity contribution in [3.8, 4) is 0 Å². The van der Waals surface area contributed by atoms with E-state index in [1.54, 1.807) is 11.3 Å². The van der Waals surface area contributed by atoms with Gasteiger partial charge in [0.25, 0.3) is 0 Å². The number of piperazine rings is 1. The number of carbonyl (C=O) groups is 1. The van der Waals surface area contributed by atoms with Crippen molar-refractivity contribution in [3.05, 3.63) is 57.2 Å². The van der Waals surface area contributed by atoms with Gasteiger partial charge in [-0.15, -0.1) is 11.3 Å². The highest BCUT2D eigenvalue weighted by molar-refractivity contribution is 7.16. The van der Waals surface area contributed by atoms with Crippen molar-refractivity contribution in [3.63, 3.8) is 0 Å². The lowest BCUT2D eigenvalue weighted by Gasteiger charge is -2.35. The summed E-state index contributed by atoms with van der Waals surface area (Å²) in [4.78, 5) is 18.0. The summed E-state index contributed by atoms with van der Waals surface area (Å²) in [6.07, 6.45) is 0.366. The van der Waals surface area contributed by atoms with Crippen molar-refractivity contribution in [1.29, 1.82) is 0 Å². The Bertz CT molecular complexity index is 668. The van der Waals surface area contributed by atoms with Crippen LogP contribution in [-0.4, -0.2) is 41.9 Å². The Kier molecular flexibility index (Phi) is 5.89. The lowest BCUT2D eigenvalue weighted by atomic mass is 10.0. The first-order valence-electron chi connectivity index (χ1n) is 8.16. The molecular formula is C18H22ClN3OS. The summed E-state index contributed by atoms with van der Waals surface area (Å²) in [6.45, 7) is 4.21. The Morgan fingerprint density at radius 1 is 1.12 bits per heavy atom. The molecule has 0 saturated carbocycles. The molecule has 128 valence electrons. The third-order valence-corrected chi connectivity index (χ3v) is 5.57. The lowest BCUT2D eigenvalue weighted by molar-refractivity contribution is -0.133. The van der Waals surface area contributed by atoms with E-state index in [0.717, 1.165) is 42.6 Å². The first-order valence-corrected chi connectivity index (χ1v) is 9.36. The molecule has 1 saturated heterocycles. The Balaban J connectivity index is 1.46. The molecule has 0 aliphatic carbocycles. The van der Waals surface area contributed by atoms with Crippen LogP contribution >= 0.6 is 22.9 Å². The Morgan fingerprint density at radius 2 is 1.83 bits per heavy atom. The predicted octanol–water partition coefficient (Wildman–Crippen LogP) is 3.14. The highest BCUT2D eigenvalue weighted by Gasteiger charge is 2.23. The van der Waals surface area contributed by atoms with E-state index in [1.165, 1.54) is 4.88 Å². The summed E-state index contributed by atoms with van der Waals surface area (Å²) in [7, 11) is 0. The second-order valence-corrected chi connectivity index (χ2v) is 7.88. The van der Waals surface area contributed by atoms with E-state index >= 15 is 0 Å². The van der Waals surface area contributed by atoms with Gasteiger partial charge in [-0.1, -0.05) is 41.9 Å². The monoisotopic (exact) mass is 363 g/mol. The van der Waals surface area contributed by atoms with E-state index in [2.05, 4.69) is 11.0 Å². The highest BCUT2D eigenvalue weighted by Crippen LogP contribution is 2.23. The number of thiophene rings is 1. The lowest BCUT2D eigenvalue weighted by Crippen LogP contribution is -2.48. The minimum atomic E-state index is -0.231. The Labute approximate surface area is 151 Å². The number of nitrogens with zero attached hydrogens (tertiary/aromatic N) is 2. The van der Waals surface area contributed by atoms with Crippen LogP contribution in [0.2, 0.25) is 4.34 Å². The minimum absolute atomic E-state index is 0.144. The molecule has 2 heterocycles. The van der Waals surface area contributed by atoms with E-state index in [4.69, 9.17) is 17.3 Å². The number of rotatable bonds is 5. The maximum Gasteiger partial charge on any atom is 0.224 e. The van der Waals surface area contributed by atoms with Gasteiger partial charge in [0.05, 0.1) is 4.34 Å². The zero-order valence-corrected chi connectivity index (χ0v) is 15.1. The first kappa shape index (κ1) is 17.4. The molecular weight excluding hydrogens is 342 g/mol. The van der Waals surface area contributed by atoms with E-state index < -0.39 is 0 Å². The number of hydrogen-bond acceptors (Lipinski definition) is 4. The minimum Gasteiger partial charge on any atom is -0.340 e. The van der Waals surface area contributed by atoms with Crippen LogP contribution in [0, 0.1) is 0 Å². The van der Waals surface area contributed by atoms with Crippen LogP contribution < -0.4 is 5.73 Å². The molecule has 0 spiro atoms. The molecule has 0 radical (unpaired) electrons. The maximum absolute atomic E-state index is 12.5. The van der Waals surface area contributed by atoms with Gasteiger partial charge in [-0.25, -0.2) is 0 Å². The topological polar surface area (TPSA) is 49.6 Å². The van der Waals surface area contributed by atoms with Crippen molar-refractivity contribution < 1.29 is 4.79 Å². The smallest absolute Gasteiger partial charge is 0.224 e. The van der Waals surface area contributed by atoms with E-state index in [0.29, 0.717) is 6.42 Å². The first-order chi connectivity index (χ1) is 11.6. The normalized spacial score (nSPS) is 17.0. The van der Waals surface area contributed by atoms with Crippen molar-refractivity contribution in [2.45, 2.75) is 19.0 Å². The zero-order chi connectivity index (χ0) is 16.9. The van der Waals surface area contributed by atoms with Gasteiger partial charge in [-0.05, 0) is 17.7 Å². The molecule has 2 aromatic rings. The summed E-state index contributed by atoms with van der Waals surface area (Å²) in [5.74, 6) is 0.144. The molecule has 1 amide bonds.